The van der Waals surface area contributed by atoms with Gasteiger partial charge in [-0.05, 0) is 99.8 Å². The number of aliphatic carboxylic acids is 1. The lowest BCUT2D eigenvalue weighted by molar-refractivity contribution is -0.529. The van der Waals surface area contributed by atoms with Crippen LogP contribution in [0.3, 0.4) is 0 Å². The average molecular weight is 661 g/mol. The Labute approximate surface area is 282 Å². The molecule has 0 saturated heterocycles. The van der Waals surface area contributed by atoms with Gasteiger partial charge in [-0.15, -0.1) is 0 Å². The molecule has 1 amide bonds. The van der Waals surface area contributed by atoms with E-state index in [1.54, 1.807) is 6.07 Å². The Bertz CT molecular complexity index is 2050. The van der Waals surface area contributed by atoms with Crippen LogP contribution >= 0.6 is 11.3 Å². The number of carbonyl (C=O) groups excluding carboxylic acids is 1. The third kappa shape index (κ3) is 4.81. The minimum Gasteiger partial charge on any atom is -0.478 e. The third-order valence-corrected chi connectivity index (χ3v) is 12.4. The second-order valence-electron chi connectivity index (χ2n) is 14.6. The fraction of sp³-hybridized carbons (Fsp3) is 0.405. The van der Waals surface area contributed by atoms with Gasteiger partial charge in [0.1, 0.15) is 23.5 Å². The van der Waals surface area contributed by atoms with Crippen molar-refractivity contribution < 1.29 is 19.3 Å². The van der Waals surface area contributed by atoms with Crippen LogP contribution in [0.25, 0.3) is 15.8 Å². The number of amidine groups is 1. The first kappa shape index (κ1) is 29.5. The van der Waals surface area contributed by atoms with Crippen molar-refractivity contribution in [1.29, 1.82) is 0 Å². The molecule has 244 valence electrons. The molecule has 1 atom stereocenters. The highest BCUT2D eigenvalue weighted by molar-refractivity contribution is 7.22. The number of carbonyl (C=O) groups is 2. The molecule has 0 spiro atoms. The van der Waals surface area contributed by atoms with Crippen molar-refractivity contribution >= 4 is 61.4 Å². The number of amides is 1. The maximum atomic E-state index is 13.5. The van der Waals surface area contributed by atoms with Gasteiger partial charge >= 0.3 is 5.97 Å². The summed E-state index contributed by atoms with van der Waals surface area (Å²) >= 11 is 1.43. The van der Waals surface area contributed by atoms with E-state index in [2.05, 4.69) is 27.2 Å². The van der Waals surface area contributed by atoms with E-state index < -0.39 is 12.1 Å². The number of para-hydroxylation sites is 2. The number of aliphatic imine (C=N–C) groups is 1. The first-order chi connectivity index (χ1) is 23.2. The molecular formula is C37H38N7O3S+. The standard InChI is InChI=1S/C37H37N7O3S/c1-20-32(40-28-8-4-3-7-25(28)34(45)42-36-41-29-9-5-6-10-30(29)48-36)43-18-27(31(35(46)47)33(43)39-20)26-17-38-44(21(26)2)19-37-14-22-11-23(15-37)13-24(12-22)16-37/h3-10,17,22-24,33H,11-16,18-19H2,1-2H3,(H2,41,42,45,46,47)/p+1. The largest absolute Gasteiger partial charge is 0.478 e. The number of aromatic nitrogens is 3. The van der Waals surface area contributed by atoms with Crippen molar-refractivity contribution in [2.75, 3.05) is 17.2 Å². The first-order valence-electron chi connectivity index (χ1n) is 16.9. The van der Waals surface area contributed by atoms with Crippen LogP contribution in [-0.4, -0.2) is 60.6 Å². The third-order valence-electron chi connectivity index (χ3n) is 11.4. The highest BCUT2D eigenvalue weighted by atomic mass is 32.1. The molecule has 10 rings (SSSR count). The molecule has 4 heterocycles. The molecule has 4 aliphatic carbocycles. The summed E-state index contributed by atoms with van der Waals surface area (Å²) in [5, 5.41) is 22.3. The molecule has 48 heavy (non-hydrogen) atoms. The second-order valence-corrected chi connectivity index (χ2v) is 15.6. The number of benzene rings is 2. The summed E-state index contributed by atoms with van der Waals surface area (Å²) in [6.07, 6.45) is 9.30. The predicted octanol–water partition coefficient (Wildman–Crippen LogP) is 6.45. The molecule has 4 saturated carbocycles. The van der Waals surface area contributed by atoms with E-state index in [0.717, 1.165) is 51.3 Å². The van der Waals surface area contributed by atoms with Crippen LogP contribution in [-0.2, 0) is 11.3 Å². The fourth-order valence-corrected chi connectivity index (χ4v) is 10.6. The molecule has 1 unspecified atom stereocenters. The van der Waals surface area contributed by atoms with Gasteiger partial charge in [-0.1, -0.05) is 35.6 Å². The minimum absolute atomic E-state index is 0.282. The van der Waals surface area contributed by atoms with Gasteiger partial charge in [-0.2, -0.15) is 5.10 Å². The van der Waals surface area contributed by atoms with Crippen LogP contribution in [0, 0.1) is 30.1 Å². The van der Waals surface area contributed by atoms with Gasteiger partial charge < -0.3 is 5.11 Å². The lowest BCUT2D eigenvalue weighted by Gasteiger charge is -2.56. The number of nitrogens with one attached hydrogen (secondary N) is 2. The van der Waals surface area contributed by atoms with Crippen molar-refractivity contribution in [3.05, 3.63) is 77.1 Å². The Morgan fingerprint density at radius 1 is 1.02 bits per heavy atom. The molecule has 2 aromatic heterocycles. The lowest BCUT2D eigenvalue weighted by Crippen LogP contribution is -2.48. The maximum absolute atomic E-state index is 13.5. The van der Waals surface area contributed by atoms with Crippen LogP contribution in [0.4, 0.5) is 10.8 Å². The van der Waals surface area contributed by atoms with Crippen molar-refractivity contribution in [2.45, 2.75) is 65.1 Å². The summed E-state index contributed by atoms with van der Waals surface area (Å²) in [6.45, 7) is 5.24. The second kappa shape index (κ2) is 10.9. The number of hydrogen-bond acceptors (Lipinski definition) is 7. The molecule has 4 fully saturated rings. The zero-order chi connectivity index (χ0) is 32.7. The highest BCUT2D eigenvalue weighted by Gasteiger charge is 2.51. The Kier molecular flexibility index (Phi) is 6.73. The Balaban J connectivity index is 0.995. The monoisotopic (exact) mass is 660 g/mol. The summed E-state index contributed by atoms with van der Waals surface area (Å²) < 4.78 is 5.14. The van der Waals surface area contributed by atoms with Gasteiger partial charge in [-0.3, -0.25) is 14.8 Å². The SMILES string of the molecule is CC1=NC2C(C(=O)O)=C(c3cnn(CC45CC6CC(CC(C6)C4)C5)c3C)C[N+]2=C1Nc1ccccc1C(=O)Nc1nc2ccccc2s1. The molecule has 11 heteroatoms. The molecule has 6 aliphatic rings. The van der Waals surface area contributed by atoms with Crippen LogP contribution in [0.5, 0.6) is 0 Å². The number of rotatable bonds is 7. The van der Waals surface area contributed by atoms with Crippen molar-refractivity contribution in [2.24, 2.45) is 28.2 Å². The molecule has 2 aromatic carbocycles. The number of anilines is 2. The van der Waals surface area contributed by atoms with Crippen LogP contribution < -0.4 is 10.6 Å². The summed E-state index contributed by atoms with van der Waals surface area (Å²) in [7, 11) is 0. The van der Waals surface area contributed by atoms with Crippen molar-refractivity contribution in [3.8, 4) is 0 Å². The summed E-state index contributed by atoms with van der Waals surface area (Å²) in [5.41, 5.74) is 5.84. The van der Waals surface area contributed by atoms with E-state index in [1.807, 2.05) is 60.2 Å². The number of fused-ring (bicyclic) bond motifs is 2. The number of carboxylic acid groups (broad SMARTS) is 1. The topological polar surface area (TPSA) is 125 Å². The van der Waals surface area contributed by atoms with E-state index in [9.17, 15) is 14.7 Å². The van der Waals surface area contributed by atoms with Gasteiger partial charge in [0.15, 0.2) is 5.13 Å². The maximum Gasteiger partial charge on any atom is 0.338 e. The van der Waals surface area contributed by atoms with Crippen molar-refractivity contribution in [1.82, 2.24) is 14.8 Å². The molecule has 4 bridgehead atoms. The van der Waals surface area contributed by atoms with Crippen molar-refractivity contribution in [3.63, 3.8) is 0 Å². The number of thiazole rings is 1. The molecule has 3 N–H and O–H groups in total. The van der Waals surface area contributed by atoms with E-state index >= 15 is 0 Å². The van der Waals surface area contributed by atoms with Gasteiger partial charge in [0, 0.05) is 23.4 Å². The molecule has 2 aliphatic heterocycles. The smallest absolute Gasteiger partial charge is 0.338 e. The zero-order valence-electron chi connectivity index (χ0n) is 27.1. The predicted molar refractivity (Wildman–Crippen MR) is 187 cm³/mol. The van der Waals surface area contributed by atoms with E-state index in [0.29, 0.717) is 39.9 Å². The Hall–Kier alpha value is -4.64. The molecule has 10 nitrogen and oxygen atoms in total. The molecule has 0 radical (unpaired) electrons. The number of hydrogen-bond donors (Lipinski definition) is 3. The molecular weight excluding hydrogens is 623 g/mol. The Morgan fingerprint density at radius 3 is 2.46 bits per heavy atom. The molecule has 4 aromatic rings. The number of carboxylic acids is 1. The quantitative estimate of drug-likeness (QED) is 0.196. The lowest BCUT2D eigenvalue weighted by atomic mass is 9.49. The average Bonchev–Trinajstić information content (AvgIpc) is 3.79. The minimum atomic E-state index is -0.973. The van der Waals surface area contributed by atoms with Crippen LogP contribution in [0.1, 0.15) is 67.1 Å². The van der Waals surface area contributed by atoms with Crippen LogP contribution in [0.15, 0.2) is 65.3 Å². The Morgan fingerprint density at radius 2 is 1.73 bits per heavy atom. The van der Waals surface area contributed by atoms with Crippen LogP contribution in [0.2, 0.25) is 0 Å². The normalized spacial score (nSPS) is 27.2. The van der Waals surface area contributed by atoms with Gasteiger partial charge in [-0.25, -0.2) is 24.7 Å². The highest BCUT2D eigenvalue weighted by Crippen LogP contribution is 2.60. The van der Waals surface area contributed by atoms with E-state index in [4.69, 9.17) is 10.1 Å². The first-order valence-corrected chi connectivity index (χ1v) is 17.8. The van der Waals surface area contributed by atoms with Gasteiger partial charge in [0.05, 0.1) is 22.0 Å². The summed E-state index contributed by atoms with van der Waals surface area (Å²) in [6, 6.07) is 15.1. The van der Waals surface area contributed by atoms with E-state index in [-0.39, 0.29) is 11.5 Å². The summed E-state index contributed by atoms with van der Waals surface area (Å²) in [5.74, 6) is 2.02. The fourth-order valence-electron chi connectivity index (χ4n) is 9.79. The van der Waals surface area contributed by atoms with Gasteiger partial charge in [0.2, 0.25) is 6.17 Å². The van der Waals surface area contributed by atoms with Gasteiger partial charge in [0.25, 0.3) is 11.7 Å². The van der Waals surface area contributed by atoms with E-state index in [1.165, 1.54) is 49.9 Å². The summed E-state index contributed by atoms with van der Waals surface area (Å²) in [4.78, 5) is 35.7. The zero-order valence-corrected chi connectivity index (χ0v) is 27.9. The number of nitrogens with zero attached hydrogens (tertiary/aromatic N) is 5.